The van der Waals surface area contributed by atoms with Crippen molar-refractivity contribution in [3.05, 3.63) is 24.3 Å². The predicted octanol–water partition coefficient (Wildman–Crippen LogP) is 3.20. The summed E-state index contributed by atoms with van der Waals surface area (Å²) in [5.41, 5.74) is 0. The summed E-state index contributed by atoms with van der Waals surface area (Å²) < 4.78 is 4.90. The monoisotopic (exact) mass is 308 g/mol. The van der Waals surface area contributed by atoms with Crippen molar-refractivity contribution in [3.8, 4) is 0 Å². The number of carbonyl (C=O) groups is 2. The number of aliphatic hydroxyl groups excluding tert-OH is 1. The van der Waals surface area contributed by atoms with Crippen molar-refractivity contribution in [1.29, 1.82) is 0 Å². The Kier molecular flexibility index (Phi) is 8.75. The number of allylic oxidation sites excluding steroid dienone is 3. The smallest absolute Gasteiger partial charge is 0.305 e. The zero-order valence-corrected chi connectivity index (χ0v) is 13.7. The average molecular weight is 308 g/mol. The van der Waals surface area contributed by atoms with Crippen LogP contribution in [0.4, 0.5) is 0 Å². The maximum absolute atomic E-state index is 11.9. The highest BCUT2D eigenvalue weighted by atomic mass is 16.5. The van der Waals surface area contributed by atoms with Crippen molar-refractivity contribution in [1.82, 2.24) is 0 Å². The lowest BCUT2D eigenvalue weighted by Gasteiger charge is -2.15. The summed E-state index contributed by atoms with van der Waals surface area (Å²) in [6.45, 7) is 4.26. The van der Waals surface area contributed by atoms with Crippen LogP contribution < -0.4 is 0 Å². The summed E-state index contributed by atoms with van der Waals surface area (Å²) in [5, 5.41) is 9.91. The van der Waals surface area contributed by atoms with Gasteiger partial charge in [0.2, 0.25) is 0 Å². The van der Waals surface area contributed by atoms with Gasteiger partial charge >= 0.3 is 5.97 Å². The van der Waals surface area contributed by atoms with Gasteiger partial charge in [-0.05, 0) is 25.8 Å². The SMILES string of the molecule is CCCCCC(O)/C=C/[C@H]1C=CC(=O)[C@H]1CCC(=O)OCC. The molecule has 4 nitrogen and oxygen atoms in total. The first-order valence-electron chi connectivity index (χ1n) is 8.32. The normalized spacial score (nSPS) is 22.4. The Morgan fingerprint density at radius 3 is 2.86 bits per heavy atom. The fourth-order valence-corrected chi connectivity index (χ4v) is 2.65. The second-order valence-electron chi connectivity index (χ2n) is 5.74. The van der Waals surface area contributed by atoms with Crippen molar-refractivity contribution in [3.63, 3.8) is 0 Å². The van der Waals surface area contributed by atoms with E-state index in [0.717, 1.165) is 25.7 Å². The lowest BCUT2D eigenvalue weighted by atomic mass is 9.89. The molecule has 0 aromatic carbocycles. The molecule has 0 fully saturated rings. The number of ether oxygens (including phenoxy) is 1. The van der Waals surface area contributed by atoms with Gasteiger partial charge in [-0.15, -0.1) is 0 Å². The van der Waals surface area contributed by atoms with Gasteiger partial charge in [0, 0.05) is 18.3 Å². The minimum absolute atomic E-state index is 0.0252. The number of hydrogen-bond acceptors (Lipinski definition) is 4. The highest BCUT2D eigenvalue weighted by molar-refractivity contribution is 5.95. The van der Waals surface area contributed by atoms with Gasteiger partial charge in [0.1, 0.15) is 0 Å². The Labute approximate surface area is 133 Å². The van der Waals surface area contributed by atoms with Crippen molar-refractivity contribution < 1.29 is 19.4 Å². The molecular weight excluding hydrogens is 280 g/mol. The van der Waals surface area contributed by atoms with Gasteiger partial charge in [-0.1, -0.05) is 44.4 Å². The van der Waals surface area contributed by atoms with Gasteiger partial charge in [0.25, 0.3) is 0 Å². The molecule has 1 unspecified atom stereocenters. The summed E-state index contributed by atoms with van der Waals surface area (Å²) in [6, 6.07) is 0. The molecule has 0 saturated carbocycles. The molecule has 0 aromatic heterocycles. The van der Waals surface area contributed by atoms with E-state index >= 15 is 0 Å². The van der Waals surface area contributed by atoms with E-state index in [-0.39, 0.29) is 30.0 Å². The number of esters is 1. The molecule has 1 aliphatic rings. The standard InChI is InChI=1S/C18H28O4/c1-3-5-6-7-15(19)10-8-14-9-12-17(20)16(14)11-13-18(21)22-4-2/h8-10,12,14-16,19H,3-7,11,13H2,1-2H3/b10-8+/t14-,15?,16-/m0/s1. The molecular formula is C18H28O4. The molecule has 0 aliphatic heterocycles. The van der Waals surface area contributed by atoms with E-state index in [1.54, 1.807) is 19.1 Å². The Hall–Kier alpha value is -1.42. The summed E-state index contributed by atoms with van der Waals surface area (Å²) in [5.74, 6) is -0.435. The highest BCUT2D eigenvalue weighted by Gasteiger charge is 2.28. The lowest BCUT2D eigenvalue weighted by Crippen LogP contribution is -2.17. The van der Waals surface area contributed by atoms with Crippen LogP contribution in [0.3, 0.4) is 0 Å². The molecule has 1 N–H and O–H groups in total. The van der Waals surface area contributed by atoms with E-state index in [9.17, 15) is 14.7 Å². The molecule has 22 heavy (non-hydrogen) atoms. The van der Waals surface area contributed by atoms with Crippen molar-refractivity contribution in [2.45, 2.75) is 58.5 Å². The van der Waals surface area contributed by atoms with Crippen LogP contribution in [0.2, 0.25) is 0 Å². The highest BCUT2D eigenvalue weighted by Crippen LogP contribution is 2.28. The molecule has 4 heteroatoms. The maximum atomic E-state index is 11.9. The summed E-state index contributed by atoms with van der Waals surface area (Å²) >= 11 is 0. The van der Waals surface area contributed by atoms with Gasteiger partial charge in [0.15, 0.2) is 5.78 Å². The van der Waals surface area contributed by atoms with E-state index < -0.39 is 6.10 Å². The second-order valence-corrected chi connectivity index (χ2v) is 5.74. The molecule has 0 saturated heterocycles. The van der Waals surface area contributed by atoms with E-state index in [1.807, 2.05) is 12.2 Å². The number of unbranched alkanes of at least 4 members (excludes halogenated alkanes) is 2. The molecule has 0 heterocycles. The minimum Gasteiger partial charge on any atom is -0.466 e. The fourth-order valence-electron chi connectivity index (χ4n) is 2.65. The maximum Gasteiger partial charge on any atom is 0.305 e. The zero-order chi connectivity index (χ0) is 16.4. The average Bonchev–Trinajstić information content (AvgIpc) is 2.84. The molecule has 0 spiro atoms. The van der Waals surface area contributed by atoms with Crippen LogP contribution in [0.25, 0.3) is 0 Å². The van der Waals surface area contributed by atoms with Crippen LogP contribution in [0.5, 0.6) is 0 Å². The predicted molar refractivity (Wildman–Crippen MR) is 86.3 cm³/mol. The van der Waals surface area contributed by atoms with Crippen LogP contribution in [-0.4, -0.2) is 29.6 Å². The number of carbonyl (C=O) groups excluding carboxylic acids is 2. The van der Waals surface area contributed by atoms with E-state index in [1.165, 1.54) is 0 Å². The molecule has 0 bridgehead atoms. The third kappa shape index (κ3) is 6.56. The van der Waals surface area contributed by atoms with Crippen molar-refractivity contribution >= 4 is 11.8 Å². The van der Waals surface area contributed by atoms with Crippen LogP contribution in [-0.2, 0) is 14.3 Å². The molecule has 1 rings (SSSR count). The number of hydrogen-bond donors (Lipinski definition) is 1. The number of ketones is 1. The summed E-state index contributed by atoms with van der Waals surface area (Å²) in [7, 11) is 0. The van der Waals surface area contributed by atoms with Crippen LogP contribution in [0.15, 0.2) is 24.3 Å². The molecule has 3 atom stereocenters. The van der Waals surface area contributed by atoms with Gasteiger partial charge in [-0.3, -0.25) is 9.59 Å². The molecule has 124 valence electrons. The molecule has 0 amide bonds. The fraction of sp³-hybridized carbons (Fsp3) is 0.667. The Balaban J connectivity index is 2.44. The molecule has 1 aliphatic carbocycles. The van der Waals surface area contributed by atoms with Crippen LogP contribution in [0.1, 0.15) is 52.4 Å². The first-order chi connectivity index (χ1) is 10.6. The lowest BCUT2D eigenvalue weighted by molar-refractivity contribution is -0.143. The topological polar surface area (TPSA) is 63.6 Å². The van der Waals surface area contributed by atoms with Crippen LogP contribution in [0, 0.1) is 11.8 Å². The van der Waals surface area contributed by atoms with Gasteiger partial charge in [-0.25, -0.2) is 0 Å². The van der Waals surface area contributed by atoms with Gasteiger partial charge in [0.05, 0.1) is 12.7 Å². The molecule has 0 radical (unpaired) electrons. The first kappa shape index (κ1) is 18.6. The van der Waals surface area contributed by atoms with Gasteiger partial charge in [-0.2, -0.15) is 0 Å². The number of rotatable bonds is 10. The summed E-state index contributed by atoms with van der Waals surface area (Å²) in [4.78, 5) is 23.3. The van der Waals surface area contributed by atoms with Crippen molar-refractivity contribution in [2.24, 2.45) is 11.8 Å². The first-order valence-corrected chi connectivity index (χ1v) is 8.32. The second kappa shape index (κ2) is 10.3. The third-order valence-corrected chi connectivity index (χ3v) is 3.94. The third-order valence-electron chi connectivity index (χ3n) is 3.94. The van der Waals surface area contributed by atoms with Crippen molar-refractivity contribution in [2.75, 3.05) is 6.61 Å². The number of aliphatic hydroxyl groups is 1. The van der Waals surface area contributed by atoms with Crippen LogP contribution >= 0.6 is 0 Å². The van der Waals surface area contributed by atoms with E-state index in [0.29, 0.717) is 13.0 Å². The summed E-state index contributed by atoms with van der Waals surface area (Å²) in [6.07, 6.45) is 11.4. The Morgan fingerprint density at radius 2 is 2.18 bits per heavy atom. The Bertz CT molecular complexity index is 411. The van der Waals surface area contributed by atoms with Gasteiger partial charge < -0.3 is 9.84 Å². The van der Waals surface area contributed by atoms with E-state index in [4.69, 9.17) is 4.74 Å². The van der Waals surface area contributed by atoms with E-state index in [2.05, 4.69) is 6.92 Å². The minimum atomic E-state index is -0.457. The largest absolute Gasteiger partial charge is 0.466 e. The molecule has 0 aromatic rings. The Morgan fingerprint density at radius 1 is 1.41 bits per heavy atom. The zero-order valence-electron chi connectivity index (χ0n) is 13.7. The quantitative estimate of drug-likeness (QED) is 0.382.